The molecule has 3 heteroatoms. The van der Waals surface area contributed by atoms with Crippen LogP contribution in [0.3, 0.4) is 0 Å². The van der Waals surface area contributed by atoms with Gasteiger partial charge in [-0.05, 0) is 19.4 Å². The molecule has 3 nitrogen and oxygen atoms in total. The summed E-state index contributed by atoms with van der Waals surface area (Å²) in [7, 11) is 0. The van der Waals surface area contributed by atoms with Crippen molar-refractivity contribution in [2.75, 3.05) is 6.61 Å². The molecule has 0 saturated carbocycles. The van der Waals surface area contributed by atoms with Gasteiger partial charge in [0.25, 0.3) is 0 Å². The van der Waals surface area contributed by atoms with E-state index in [9.17, 15) is 4.79 Å². The van der Waals surface area contributed by atoms with E-state index in [2.05, 4.69) is 6.92 Å². The second kappa shape index (κ2) is 10.9. The molecule has 1 aliphatic heterocycles. The van der Waals surface area contributed by atoms with Crippen LogP contribution in [0.4, 0.5) is 0 Å². The SMILES string of the molecule is CCCCCCCCCCCCOC1C=C(C)C(=O)O1. The lowest BCUT2D eigenvalue weighted by atomic mass is 10.1. The van der Waals surface area contributed by atoms with E-state index in [1.807, 2.05) is 0 Å². The minimum Gasteiger partial charge on any atom is -0.429 e. The number of rotatable bonds is 12. The zero-order valence-corrected chi connectivity index (χ0v) is 13.2. The standard InChI is InChI=1S/C17H30O3/c1-3-4-5-6-7-8-9-10-11-12-13-19-16-14-15(2)17(18)20-16/h14,16H,3-13H2,1-2H3. The Kier molecular flexibility index (Phi) is 9.38. The highest BCUT2D eigenvalue weighted by atomic mass is 16.7. The molecular formula is C17H30O3. The molecule has 1 rings (SSSR count). The fourth-order valence-electron chi connectivity index (χ4n) is 2.38. The molecule has 0 aromatic rings. The molecule has 1 aliphatic rings. The largest absolute Gasteiger partial charge is 0.429 e. The molecule has 116 valence electrons. The maximum atomic E-state index is 11.1. The van der Waals surface area contributed by atoms with Gasteiger partial charge in [-0.15, -0.1) is 0 Å². The predicted octanol–water partition coefficient (Wildman–Crippen LogP) is 4.75. The molecule has 0 aliphatic carbocycles. The maximum absolute atomic E-state index is 11.1. The highest BCUT2D eigenvalue weighted by Gasteiger charge is 2.22. The molecule has 0 N–H and O–H groups in total. The molecule has 0 fully saturated rings. The molecular weight excluding hydrogens is 252 g/mol. The van der Waals surface area contributed by atoms with Crippen LogP contribution in [-0.2, 0) is 14.3 Å². The van der Waals surface area contributed by atoms with Gasteiger partial charge in [0.1, 0.15) is 0 Å². The Hall–Kier alpha value is -0.830. The first-order valence-electron chi connectivity index (χ1n) is 8.25. The lowest BCUT2D eigenvalue weighted by molar-refractivity contribution is -0.158. The van der Waals surface area contributed by atoms with Gasteiger partial charge in [-0.3, -0.25) is 0 Å². The molecule has 20 heavy (non-hydrogen) atoms. The molecule has 0 spiro atoms. The van der Waals surface area contributed by atoms with Crippen LogP contribution in [0.2, 0.25) is 0 Å². The van der Waals surface area contributed by atoms with Crippen LogP contribution in [0.1, 0.15) is 78.1 Å². The van der Waals surface area contributed by atoms with Crippen molar-refractivity contribution >= 4 is 5.97 Å². The summed E-state index contributed by atoms with van der Waals surface area (Å²) in [4.78, 5) is 11.1. The third-order valence-corrected chi connectivity index (χ3v) is 3.71. The predicted molar refractivity (Wildman–Crippen MR) is 81.4 cm³/mol. The van der Waals surface area contributed by atoms with Crippen molar-refractivity contribution in [3.05, 3.63) is 11.6 Å². The highest BCUT2D eigenvalue weighted by Crippen LogP contribution is 2.15. The second-order valence-electron chi connectivity index (χ2n) is 5.68. The van der Waals surface area contributed by atoms with Crippen molar-refractivity contribution in [2.24, 2.45) is 0 Å². The summed E-state index contributed by atoms with van der Waals surface area (Å²) in [6.45, 7) is 4.69. The lowest BCUT2D eigenvalue weighted by Gasteiger charge is -2.09. The molecule has 0 aromatic carbocycles. The van der Waals surface area contributed by atoms with Crippen LogP contribution in [0.25, 0.3) is 0 Å². The van der Waals surface area contributed by atoms with Gasteiger partial charge in [-0.25, -0.2) is 4.79 Å². The minimum atomic E-state index is -0.443. The number of unbranched alkanes of at least 4 members (excludes halogenated alkanes) is 9. The number of carbonyl (C=O) groups excluding carboxylic acids is 1. The van der Waals surface area contributed by atoms with Crippen LogP contribution in [-0.4, -0.2) is 18.9 Å². The molecule has 1 unspecified atom stereocenters. The molecule has 1 heterocycles. The van der Waals surface area contributed by atoms with Gasteiger partial charge in [0.15, 0.2) is 0 Å². The fraction of sp³-hybridized carbons (Fsp3) is 0.824. The van der Waals surface area contributed by atoms with Crippen LogP contribution < -0.4 is 0 Å². The first-order chi connectivity index (χ1) is 9.74. The number of hydrogen-bond acceptors (Lipinski definition) is 3. The van der Waals surface area contributed by atoms with Crippen LogP contribution in [0.5, 0.6) is 0 Å². The Balaban J connectivity index is 1.80. The summed E-state index contributed by atoms with van der Waals surface area (Å²) in [6.07, 6.45) is 14.5. The Morgan fingerprint density at radius 2 is 1.55 bits per heavy atom. The van der Waals surface area contributed by atoms with Crippen molar-refractivity contribution in [1.29, 1.82) is 0 Å². The minimum absolute atomic E-state index is 0.252. The van der Waals surface area contributed by atoms with Gasteiger partial charge in [0.05, 0.1) is 6.61 Å². The van der Waals surface area contributed by atoms with Gasteiger partial charge in [0.2, 0.25) is 6.29 Å². The zero-order valence-electron chi connectivity index (χ0n) is 13.2. The molecule has 0 saturated heterocycles. The number of carbonyl (C=O) groups is 1. The number of cyclic esters (lactones) is 1. The van der Waals surface area contributed by atoms with Gasteiger partial charge in [-0.2, -0.15) is 0 Å². The van der Waals surface area contributed by atoms with Crippen LogP contribution >= 0.6 is 0 Å². The Labute approximate surface area is 123 Å². The Bertz CT molecular complexity index is 297. The van der Waals surface area contributed by atoms with Crippen LogP contribution in [0, 0.1) is 0 Å². The van der Waals surface area contributed by atoms with Crippen molar-refractivity contribution < 1.29 is 14.3 Å². The normalized spacial score (nSPS) is 18.2. The van der Waals surface area contributed by atoms with Crippen LogP contribution in [0.15, 0.2) is 11.6 Å². The highest BCUT2D eigenvalue weighted by molar-refractivity contribution is 5.89. The van der Waals surface area contributed by atoms with E-state index in [-0.39, 0.29) is 5.97 Å². The monoisotopic (exact) mass is 282 g/mol. The van der Waals surface area contributed by atoms with Gasteiger partial charge >= 0.3 is 5.97 Å². The van der Waals surface area contributed by atoms with Gasteiger partial charge in [0, 0.05) is 5.57 Å². The second-order valence-corrected chi connectivity index (χ2v) is 5.68. The molecule has 0 radical (unpaired) electrons. The van der Waals surface area contributed by atoms with Crippen molar-refractivity contribution in [3.8, 4) is 0 Å². The van der Waals surface area contributed by atoms with Crippen molar-refractivity contribution in [3.63, 3.8) is 0 Å². The molecule has 1 atom stereocenters. The third kappa shape index (κ3) is 7.68. The van der Waals surface area contributed by atoms with E-state index in [0.717, 1.165) is 6.42 Å². The molecule has 0 aromatic heterocycles. The third-order valence-electron chi connectivity index (χ3n) is 3.71. The van der Waals surface area contributed by atoms with E-state index < -0.39 is 6.29 Å². The lowest BCUT2D eigenvalue weighted by Crippen LogP contribution is -2.13. The van der Waals surface area contributed by atoms with Gasteiger partial charge in [-0.1, -0.05) is 64.7 Å². The summed E-state index contributed by atoms with van der Waals surface area (Å²) in [6, 6.07) is 0. The van der Waals surface area contributed by atoms with E-state index >= 15 is 0 Å². The van der Waals surface area contributed by atoms with E-state index in [4.69, 9.17) is 9.47 Å². The summed E-state index contributed by atoms with van der Waals surface area (Å²) in [5.41, 5.74) is 0.651. The first-order valence-corrected chi connectivity index (χ1v) is 8.25. The fourth-order valence-corrected chi connectivity index (χ4v) is 2.38. The Morgan fingerprint density at radius 3 is 2.05 bits per heavy atom. The first kappa shape index (κ1) is 17.2. The topological polar surface area (TPSA) is 35.5 Å². The van der Waals surface area contributed by atoms with Crippen molar-refractivity contribution in [2.45, 2.75) is 84.3 Å². The summed E-state index contributed by atoms with van der Waals surface area (Å²) >= 11 is 0. The maximum Gasteiger partial charge on any atom is 0.336 e. The summed E-state index contributed by atoms with van der Waals surface area (Å²) in [5, 5.41) is 0. The van der Waals surface area contributed by atoms with E-state index in [1.54, 1.807) is 13.0 Å². The average molecular weight is 282 g/mol. The number of esters is 1. The summed E-state index contributed by atoms with van der Waals surface area (Å²) in [5.74, 6) is -0.252. The van der Waals surface area contributed by atoms with E-state index in [1.165, 1.54) is 57.8 Å². The van der Waals surface area contributed by atoms with Crippen molar-refractivity contribution in [1.82, 2.24) is 0 Å². The summed E-state index contributed by atoms with van der Waals surface area (Å²) < 4.78 is 10.5. The van der Waals surface area contributed by atoms with Gasteiger partial charge < -0.3 is 9.47 Å². The Morgan fingerprint density at radius 1 is 1.00 bits per heavy atom. The number of ether oxygens (including phenoxy) is 2. The molecule has 0 bridgehead atoms. The number of hydrogen-bond donors (Lipinski definition) is 0. The quantitative estimate of drug-likeness (QED) is 0.382. The van der Waals surface area contributed by atoms with E-state index in [0.29, 0.717) is 12.2 Å². The zero-order chi connectivity index (χ0) is 14.6. The molecule has 0 amide bonds. The average Bonchev–Trinajstić information content (AvgIpc) is 2.75. The smallest absolute Gasteiger partial charge is 0.336 e.